The van der Waals surface area contributed by atoms with Crippen LogP contribution in [0, 0.1) is 0 Å². The number of aliphatic hydroxyl groups is 1. The zero-order chi connectivity index (χ0) is 12.1. The van der Waals surface area contributed by atoms with Crippen LogP contribution in [0.2, 0.25) is 0 Å². The number of aliphatic hydroxyl groups excluding tert-OH is 1. The molecule has 2 aromatic rings. The van der Waals surface area contributed by atoms with Gasteiger partial charge in [-0.3, -0.25) is 0 Å². The summed E-state index contributed by atoms with van der Waals surface area (Å²) in [6.07, 6.45) is 0.742. The van der Waals surface area contributed by atoms with E-state index in [-0.39, 0.29) is 6.10 Å². The van der Waals surface area contributed by atoms with Crippen molar-refractivity contribution in [3.8, 4) is 0 Å². The highest BCUT2D eigenvalue weighted by Crippen LogP contribution is 2.22. The molecule has 1 aromatic heterocycles. The van der Waals surface area contributed by atoms with Crippen LogP contribution in [0.3, 0.4) is 0 Å². The standard InChI is InChI=1S/C14H16OS2/c1-11(15)13-2-4-14(5-3-13)17-9-7-12-6-8-16-10-12/h2-6,8,10-11,15H,7,9H2,1H3. The minimum Gasteiger partial charge on any atom is -0.389 e. The van der Waals surface area contributed by atoms with Gasteiger partial charge in [-0.15, -0.1) is 11.8 Å². The molecule has 2 rings (SSSR count). The second kappa shape index (κ2) is 6.24. The Labute approximate surface area is 111 Å². The highest BCUT2D eigenvalue weighted by Gasteiger charge is 2.01. The average molecular weight is 264 g/mol. The Balaban J connectivity index is 1.83. The second-order valence-electron chi connectivity index (χ2n) is 3.98. The molecule has 0 aliphatic heterocycles. The molecular weight excluding hydrogens is 248 g/mol. The molecule has 0 aliphatic rings. The molecule has 1 atom stereocenters. The summed E-state index contributed by atoms with van der Waals surface area (Å²) in [5.41, 5.74) is 2.40. The van der Waals surface area contributed by atoms with E-state index in [1.165, 1.54) is 10.5 Å². The van der Waals surface area contributed by atoms with E-state index >= 15 is 0 Å². The minimum atomic E-state index is -0.375. The highest BCUT2D eigenvalue weighted by atomic mass is 32.2. The zero-order valence-corrected chi connectivity index (χ0v) is 11.4. The van der Waals surface area contributed by atoms with Crippen LogP contribution < -0.4 is 0 Å². The van der Waals surface area contributed by atoms with Crippen molar-refractivity contribution in [3.63, 3.8) is 0 Å². The van der Waals surface area contributed by atoms with Gasteiger partial charge in [0.05, 0.1) is 6.10 Å². The maximum Gasteiger partial charge on any atom is 0.0761 e. The van der Waals surface area contributed by atoms with Crippen LogP contribution in [0.15, 0.2) is 46.0 Å². The van der Waals surface area contributed by atoms with Gasteiger partial charge in [-0.1, -0.05) is 12.1 Å². The van der Waals surface area contributed by atoms with E-state index in [0.717, 1.165) is 17.7 Å². The van der Waals surface area contributed by atoms with Crippen molar-refractivity contribution in [2.75, 3.05) is 5.75 Å². The van der Waals surface area contributed by atoms with E-state index in [2.05, 4.69) is 29.0 Å². The minimum absolute atomic E-state index is 0.375. The van der Waals surface area contributed by atoms with Gasteiger partial charge in [0.25, 0.3) is 0 Å². The Bertz CT molecular complexity index is 432. The molecule has 1 nitrogen and oxygen atoms in total. The summed E-state index contributed by atoms with van der Waals surface area (Å²) in [6.45, 7) is 1.79. The molecular formula is C14H16OS2. The van der Waals surface area contributed by atoms with Gasteiger partial charge in [0.15, 0.2) is 0 Å². The second-order valence-corrected chi connectivity index (χ2v) is 5.92. The monoisotopic (exact) mass is 264 g/mol. The van der Waals surface area contributed by atoms with E-state index in [4.69, 9.17) is 0 Å². The number of benzene rings is 1. The first-order chi connectivity index (χ1) is 8.25. The molecule has 3 heteroatoms. The van der Waals surface area contributed by atoms with Crippen LogP contribution in [0.4, 0.5) is 0 Å². The van der Waals surface area contributed by atoms with Gasteiger partial charge in [-0.2, -0.15) is 11.3 Å². The summed E-state index contributed by atoms with van der Waals surface area (Å²) in [5, 5.41) is 13.7. The van der Waals surface area contributed by atoms with Crippen LogP contribution in [0.1, 0.15) is 24.2 Å². The van der Waals surface area contributed by atoms with Crippen molar-refractivity contribution in [2.24, 2.45) is 0 Å². The van der Waals surface area contributed by atoms with Crippen molar-refractivity contribution >= 4 is 23.1 Å². The smallest absolute Gasteiger partial charge is 0.0761 e. The van der Waals surface area contributed by atoms with Crippen molar-refractivity contribution in [3.05, 3.63) is 52.2 Å². The summed E-state index contributed by atoms with van der Waals surface area (Å²) in [7, 11) is 0. The number of thiophene rings is 1. The maximum absolute atomic E-state index is 9.41. The van der Waals surface area contributed by atoms with Gasteiger partial charge >= 0.3 is 0 Å². The van der Waals surface area contributed by atoms with E-state index in [0.29, 0.717) is 0 Å². The summed E-state index contributed by atoms with van der Waals surface area (Å²) in [4.78, 5) is 1.27. The van der Waals surface area contributed by atoms with E-state index < -0.39 is 0 Å². The largest absolute Gasteiger partial charge is 0.389 e. The molecule has 0 radical (unpaired) electrons. The number of rotatable bonds is 5. The highest BCUT2D eigenvalue weighted by molar-refractivity contribution is 7.99. The lowest BCUT2D eigenvalue weighted by atomic mass is 10.1. The molecule has 0 fully saturated rings. The third-order valence-electron chi connectivity index (χ3n) is 2.60. The van der Waals surface area contributed by atoms with Crippen LogP contribution in [0.5, 0.6) is 0 Å². The lowest BCUT2D eigenvalue weighted by Gasteiger charge is -2.05. The zero-order valence-electron chi connectivity index (χ0n) is 9.80. The van der Waals surface area contributed by atoms with Gasteiger partial charge < -0.3 is 5.11 Å². The van der Waals surface area contributed by atoms with E-state index in [1.807, 2.05) is 23.9 Å². The van der Waals surface area contributed by atoms with Crippen molar-refractivity contribution in [1.29, 1.82) is 0 Å². The average Bonchev–Trinajstić information content (AvgIpc) is 2.83. The SMILES string of the molecule is CC(O)c1ccc(SCCc2ccsc2)cc1. The first kappa shape index (κ1) is 12.7. The fraction of sp³-hybridized carbons (Fsp3) is 0.286. The van der Waals surface area contributed by atoms with Gasteiger partial charge in [0.2, 0.25) is 0 Å². The molecule has 90 valence electrons. The van der Waals surface area contributed by atoms with Gasteiger partial charge in [0, 0.05) is 10.6 Å². The fourth-order valence-corrected chi connectivity index (χ4v) is 3.17. The molecule has 0 saturated carbocycles. The summed E-state index contributed by atoms with van der Waals surface area (Å²) >= 11 is 3.62. The Morgan fingerprint density at radius 2 is 2.00 bits per heavy atom. The number of hydrogen-bond acceptors (Lipinski definition) is 3. The molecule has 1 heterocycles. The Hall–Kier alpha value is -0.770. The Kier molecular flexibility index (Phi) is 4.66. The maximum atomic E-state index is 9.41. The predicted octanol–water partition coefficient (Wildman–Crippen LogP) is 4.14. The molecule has 1 unspecified atom stereocenters. The Morgan fingerprint density at radius 3 is 2.59 bits per heavy atom. The van der Waals surface area contributed by atoms with Crippen molar-refractivity contribution < 1.29 is 5.11 Å². The fourth-order valence-electron chi connectivity index (χ4n) is 1.56. The van der Waals surface area contributed by atoms with E-state index in [9.17, 15) is 5.11 Å². The van der Waals surface area contributed by atoms with Crippen molar-refractivity contribution in [2.45, 2.75) is 24.3 Å². The lowest BCUT2D eigenvalue weighted by Crippen LogP contribution is -1.90. The van der Waals surface area contributed by atoms with E-state index in [1.54, 1.807) is 18.3 Å². The van der Waals surface area contributed by atoms with Gasteiger partial charge in [-0.05, 0) is 53.4 Å². The molecule has 1 aromatic carbocycles. The molecule has 0 amide bonds. The first-order valence-electron chi connectivity index (χ1n) is 5.67. The van der Waals surface area contributed by atoms with Crippen molar-refractivity contribution in [1.82, 2.24) is 0 Å². The molecule has 0 saturated heterocycles. The predicted molar refractivity (Wildman–Crippen MR) is 75.8 cm³/mol. The number of hydrogen-bond donors (Lipinski definition) is 1. The van der Waals surface area contributed by atoms with Gasteiger partial charge in [-0.25, -0.2) is 0 Å². The summed E-state index contributed by atoms with van der Waals surface area (Å²) in [6, 6.07) is 10.3. The molecule has 0 spiro atoms. The van der Waals surface area contributed by atoms with Crippen LogP contribution >= 0.6 is 23.1 Å². The van der Waals surface area contributed by atoms with Crippen LogP contribution in [0.25, 0.3) is 0 Å². The van der Waals surface area contributed by atoms with Crippen LogP contribution in [-0.4, -0.2) is 10.9 Å². The third kappa shape index (κ3) is 3.87. The quantitative estimate of drug-likeness (QED) is 0.819. The molecule has 1 N–H and O–H groups in total. The number of thioether (sulfide) groups is 1. The third-order valence-corrected chi connectivity index (χ3v) is 4.35. The number of aryl methyl sites for hydroxylation is 1. The summed E-state index contributed by atoms with van der Waals surface area (Å²) < 4.78 is 0. The van der Waals surface area contributed by atoms with Crippen LogP contribution in [-0.2, 0) is 6.42 Å². The Morgan fingerprint density at radius 1 is 1.24 bits per heavy atom. The molecule has 0 bridgehead atoms. The topological polar surface area (TPSA) is 20.2 Å². The molecule has 17 heavy (non-hydrogen) atoms. The summed E-state index contributed by atoms with van der Waals surface area (Å²) in [5.74, 6) is 1.10. The first-order valence-corrected chi connectivity index (χ1v) is 7.60. The normalized spacial score (nSPS) is 12.6. The van der Waals surface area contributed by atoms with Gasteiger partial charge in [0.1, 0.15) is 0 Å². The lowest BCUT2D eigenvalue weighted by molar-refractivity contribution is 0.199. The molecule has 0 aliphatic carbocycles.